The van der Waals surface area contributed by atoms with Gasteiger partial charge >= 0.3 is 0 Å². The van der Waals surface area contributed by atoms with Crippen molar-refractivity contribution in [3.8, 4) is 5.75 Å². The van der Waals surface area contributed by atoms with Gasteiger partial charge in [0.1, 0.15) is 12.4 Å². The lowest BCUT2D eigenvalue weighted by Crippen LogP contribution is -2.15. The largest absolute Gasteiger partial charge is 0.489 e. The van der Waals surface area contributed by atoms with Crippen LogP contribution in [0.2, 0.25) is 0 Å². The van der Waals surface area contributed by atoms with E-state index in [4.69, 9.17) is 14.2 Å². The molecule has 2 aromatic rings. The normalized spacial score (nSPS) is 11.5. The van der Waals surface area contributed by atoms with Crippen LogP contribution in [-0.2, 0) is 16.1 Å². The zero-order valence-electron chi connectivity index (χ0n) is 15.8. The van der Waals surface area contributed by atoms with Gasteiger partial charge in [-0.05, 0) is 29.5 Å². The maximum atomic E-state index is 5.95. The van der Waals surface area contributed by atoms with Crippen molar-refractivity contribution in [1.82, 2.24) is 0 Å². The van der Waals surface area contributed by atoms with Gasteiger partial charge in [0.05, 0.1) is 13.2 Å². The lowest BCUT2D eigenvalue weighted by Gasteiger charge is -2.21. The molecule has 0 bridgehead atoms. The zero-order valence-corrected chi connectivity index (χ0v) is 15.8. The maximum absolute atomic E-state index is 5.95. The predicted octanol–water partition coefficient (Wildman–Crippen LogP) is 5.61. The van der Waals surface area contributed by atoms with Crippen LogP contribution in [-0.4, -0.2) is 13.2 Å². The molecule has 0 aliphatic heterocycles. The number of benzene rings is 2. The van der Waals surface area contributed by atoms with Crippen LogP contribution in [0.25, 0.3) is 0 Å². The fourth-order valence-corrected chi connectivity index (χ4v) is 2.26. The topological polar surface area (TPSA) is 27.7 Å². The van der Waals surface area contributed by atoms with Gasteiger partial charge in [0.15, 0.2) is 6.29 Å². The molecule has 136 valence electrons. The number of rotatable bonds is 10. The van der Waals surface area contributed by atoms with Crippen molar-refractivity contribution >= 4 is 0 Å². The van der Waals surface area contributed by atoms with Crippen LogP contribution >= 0.6 is 0 Å². The third-order valence-corrected chi connectivity index (χ3v) is 3.56. The van der Waals surface area contributed by atoms with Crippen LogP contribution in [0.15, 0.2) is 54.6 Å². The summed E-state index contributed by atoms with van der Waals surface area (Å²) in [6.45, 7) is 10.5. The highest BCUT2D eigenvalue weighted by molar-refractivity contribution is 5.28. The molecule has 0 aliphatic carbocycles. The fourth-order valence-electron chi connectivity index (χ4n) is 2.26. The summed E-state index contributed by atoms with van der Waals surface area (Å²) in [6, 6.07) is 18.2. The molecule has 0 aromatic heterocycles. The van der Waals surface area contributed by atoms with E-state index in [-0.39, 0.29) is 6.29 Å². The summed E-state index contributed by atoms with van der Waals surface area (Å²) >= 11 is 0. The van der Waals surface area contributed by atoms with Crippen molar-refractivity contribution in [1.29, 1.82) is 0 Å². The molecule has 0 spiro atoms. The molecule has 0 aliphatic rings. The van der Waals surface area contributed by atoms with Crippen molar-refractivity contribution in [3.63, 3.8) is 0 Å². The molecule has 0 atom stereocenters. The second kappa shape index (κ2) is 10.2. The zero-order chi connectivity index (χ0) is 18.1. The summed E-state index contributed by atoms with van der Waals surface area (Å²) in [4.78, 5) is 0. The van der Waals surface area contributed by atoms with Crippen LogP contribution in [0.3, 0.4) is 0 Å². The third kappa shape index (κ3) is 7.29. The summed E-state index contributed by atoms with van der Waals surface area (Å²) in [5, 5.41) is 0. The monoisotopic (exact) mass is 342 g/mol. The molecule has 0 amide bonds. The summed E-state index contributed by atoms with van der Waals surface area (Å²) in [6.07, 6.45) is -0.326. The van der Waals surface area contributed by atoms with E-state index >= 15 is 0 Å². The van der Waals surface area contributed by atoms with Gasteiger partial charge < -0.3 is 14.2 Å². The quantitative estimate of drug-likeness (QED) is 0.525. The Hall–Kier alpha value is -1.84. The van der Waals surface area contributed by atoms with Crippen LogP contribution in [0.5, 0.6) is 5.75 Å². The van der Waals surface area contributed by atoms with Crippen LogP contribution in [0.4, 0.5) is 0 Å². The van der Waals surface area contributed by atoms with Gasteiger partial charge in [0.2, 0.25) is 0 Å². The standard InChI is InChI=1S/C22H30O3/c1-17(2)14-24-22(25-15-18(3)4)20-10-12-21(13-11-20)23-16-19-8-6-5-7-9-19/h5-13,17-18,22H,14-16H2,1-4H3. The van der Waals surface area contributed by atoms with Crippen molar-refractivity contribution in [2.75, 3.05) is 13.2 Å². The van der Waals surface area contributed by atoms with Crippen molar-refractivity contribution in [3.05, 3.63) is 65.7 Å². The first-order valence-electron chi connectivity index (χ1n) is 9.04. The highest BCUT2D eigenvalue weighted by Gasteiger charge is 2.14. The Morgan fingerprint density at radius 2 is 1.28 bits per heavy atom. The Bertz CT molecular complexity index is 578. The minimum atomic E-state index is -0.326. The SMILES string of the molecule is CC(C)COC(OCC(C)C)c1ccc(OCc2ccccc2)cc1. The second-order valence-electron chi connectivity index (χ2n) is 7.13. The molecule has 0 saturated carbocycles. The molecule has 2 aromatic carbocycles. The van der Waals surface area contributed by atoms with Crippen molar-refractivity contribution in [2.24, 2.45) is 11.8 Å². The van der Waals surface area contributed by atoms with E-state index in [1.807, 2.05) is 42.5 Å². The fraction of sp³-hybridized carbons (Fsp3) is 0.455. The first-order chi connectivity index (χ1) is 12.0. The minimum Gasteiger partial charge on any atom is -0.489 e. The summed E-state index contributed by atoms with van der Waals surface area (Å²) in [5.74, 6) is 1.79. The van der Waals surface area contributed by atoms with Crippen LogP contribution in [0.1, 0.15) is 45.1 Å². The Labute approximate surface area is 151 Å². The van der Waals surface area contributed by atoms with E-state index in [1.165, 1.54) is 0 Å². The van der Waals surface area contributed by atoms with E-state index in [1.54, 1.807) is 0 Å². The molecule has 0 saturated heterocycles. The highest BCUT2D eigenvalue weighted by Crippen LogP contribution is 2.24. The lowest BCUT2D eigenvalue weighted by molar-refractivity contribution is -0.158. The van der Waals surface area contributed by atoms with Crippen LogP contribution < -0.4 is 4.74 Å². The molecule has 3 nitrogen and oxygen atoms in total. The van der Waals surface area contributed by atoms with Gasteiger partial charge in [0, 0.05) is 5.56 Å². The first kappa shape index (κ1) is 19.5. The van der Waals surface area contributed by atoms with Crippen molar-refractivity contribution in [2.45, 2.75) is 40.6 Å². The average Bonchev–Trinajstić information content (AvgIpc) is 2.61. The molecule has 0 radical (unpaired) electrons. The molecular weight excluding hydrogens is 312 g/mol. The molecule has 25 heavy (non-hydrogen) atoms. The summed E-state index contributed by atoms with van der Waals surface area (Å²) in [7, 11) is 0. The first-order valence-corrected chi connectivity index (χ1v) is 9.04. The maximum Gasteiger partial charge on any atom is 0.183 e. The highest BCUT2D eigenvalue weighted by atomic mass is 16.7. The lowest BCUT2D eigenvalue weighted by atomic mass is 10.2. The molecule has 0 heterocycles. The molecule has 0 fully saturated rings. The van der Waals surface area contributed by atoms with E-state index in [2.05, 4.69) is 39.8 Å². The number of hydrogen-bond acceptors (Lipinski definition) is 3. The van der Waals surface area contributed by atoms with Crippen molar-refractivity contribution < 1.29 is 14.2 Å². The Balaban J connectivity index is 1.95. The van der Waals surface area contributed by atoms with E-state index in [0.717, 1.165) is 16.9 Å². The van der Waals surface area contributed by atoms with Gasteiger partial charge in [-0.15, -0.1) is 0 Å². The Morgan fingerprint density at radius 1 is 0.720 bits per heavy atom. The average molecular weight is 342 g/mol. The summed E-state index contributed by atoms with van der Waals surface area (Å²) < 4.78 is 17.7. The number of ether oxygens (including phenoxy) is 3. The van der Waals surface area contributed by atoms with Crippen LogP contribution in [0, 0.1) is 11.8 Å². The van der Waals surface area contributed by atoms with Gasteiger partial charge in [-0.25, -0.2) is 0 Å². The third-order valence-electron chi connectivity index (χ3n) is 3.56. The molecule has 2 rings (SSSR count). The molecular formula is C22H30O3. The Kier molecular flexibility index (Phi) is 7.96. The molecule has 3 heteroatoms. The van der Waals surface area contributed by atoms with E-state index in [0.29, 0.717) is 31.7 Å². The molecule has 0 unspecified atom stereocenters. The second-order valence-corrected chi connectivity index (χ2v) is 7.13. The minimum absolute atomic E-state index is 0.326. The summed E-state index contributed by atoms with van der Waals surface area (Å²) in [5.41, 5.74) is 2.18. The van der Waals surface area contributed by atoms with Gasteiger partial charge in [0.25, 0.3) is 0 Å². The predicted molar refractivity (Wildman–Crippen MR) is 102 cm³/mol. The van der Waals surface area contributed by atoms with E-state index < -0.39 is 0 Å². The van der Waals surface area contributed by atoms with Gasteiger partial charge in [-0.3, -0.25) is 0 Å². The molecule has 0 N–H and O–H groups in total. The van der Waals surface area contributed by atoms with Gasteiger partial charge in [-0.2, -0.15) is 0 Å². The van der Waals surface area contributed by atoms with E-state index in [9.17, 15) is 0 Å². The smallest absolute Gasteiger partial charge is 0.183 e. The Morgan fingerprint density at radius 3 is 1.80 bits per heavy atom. The number of hydrogen-bond donors (Lipinski definition) is 0. The van der Waals surface area contributed by atoms with Gasteiger partial charge in [-0.1, -0.05) is 70.2 Å².